The fraction of sp³-hybridized carbons (Fsp3) is 0.333. The summed E-state index contributed by atoms with van der Waals surface area (Å²) in [6.07, 6.45) is 1.41. The first-order valence-corrected chi connectivity index (χ1v) is 6.33. The van der Waals surface area contributed by atoms with Gasteiger partial charge in [0.1, 0.15) is 0 Å². The predicted octanol–water partition coefficient (Wildman–Crippen LogP) is 1.67. The molecule has 0 saturated carbocycles. The molecular formula is C15H17NO3. The lowest BCUT2D eigenvalue weighted by Crippen LogP contribution is -2.41. The van der Waals surface area contributed by atoms with Crippen LogP contribution in [-0.2, 0) is 9.53 Å². The normalized spacial score (nSPS) is 16.3. The zero-order chi connectivity index (χ0) is 13.7. The van der Waals surface area contributed by atoms with Crippen molar-refractivity contribution in [1.82, 2.24) is 4.90 Å². The van der Waals surface area contributed by atoms with Gasteiger partial charge in [-0.3, -0.25) is 9.59 Å². The summed E-state index contributed by atoms with van der Waals surface area (Å²) in [5, 5.41) is 0. The maximum Gasteiger partial charge on any atom is 0.249 e. The van der Waals surface area contributed by atoms with Crippen molar-refractivity contribution in [2.75, 3.05) is 26.3 Å². The Hall–Kier alpha value is -1.94. The smallest absolute Gasteiger partial charge is 0.249 e. The summed E-state index contributed by atoms with van der Waals surface area (Å²) >= 11 is 0. The number of allylic oxidation sites excluding steroid dienone is 1. The van der Waals surface area contributed by atoms with E-state index in [9.17, 15) is 9.59 Å². The second-order valence-electron chi connectivity index (χ2n) is 4.46. The molecule has 0 spiro atoms. The number of rotatable bonds is 3. The molecule has 1 aliphatic rings. The number of amides is 1. The van der Waals surface area contributed by atoms with E-state index >= 15 is 0 Å². The highest BCUT2D eigenvalue weighted by atomic mass is 16.5. The van der Waals surface area contributed by atoms with Gasteiger partial charge in [0.25, 0.3) is 0 Å². The Balaban J connectivity index is 2.05. The second kappa shape index (κ2) is 6.29. The van der Waals surface area contributed by atoms with Crippen molar-refractivity contribution in [3.05, 3.63) is 47.5 Å². The topological polar surface area (TPSA) is 46.6 Å². The van der Waals surface area contributed by atoms with E-state index in [4.69, 9.17) is 4.74 Å². The highest BCUT2D eigenvalue weighted by molar-refractivity contribution is 6.09. The molecule has 0 radical (unpaired) electrons. The van der Waals surface area contributed by atoms with E-state index in [2.05, 4.69) is 0 Å². The van der Waals surface area contributed by atoms with E-state index in [-0.39, 0.29) is 11.7 Å². The van der Waals surface area contributed by atoms with Crippen molar-refractivity contribution in [3.63, 3.8) is 0 Å². The van der Waals surface area contributed by atoms with Crippen molar-refractivity contribution >= 4 is 11.7 Å². The second-order valence-corrected chi connectivity index (χ2v) is 4.46. The van der Waals surface area contributed by atoms with Crippen LogP contribution in [0, 0.1) is 0 Å². The van der Waals surface area contributed by atoms with E-state index < -0.39 is 0 Å². The van der Waals surface area contributed by atoms with Gasteiger partial charge in [0.15, 0.2) is 5.78 Å². The molecule has 0 aliphatic carbocycles. The van der Waals surface area contributed by atoms with Crippen LogP contribution in [0.1, 0.15) is 17.3 Å². The lowest BCUT2D eigenvalue weighted by atomic mass is 10.1. The summed E-state index contributed by atoms with van der Waals surface area (Å²) in [5.74, 6) is -0.229. The van der Waals surface area contributed by atoms with Crippen molar-refractivity contribution in [2.24, 2.45) is 0 Å². The van der Waals surface area contributed by atoms with E-state index in [0.717, 1.165) is 0 Å². The highest BCUT2D eigenvalue weighted by Gasteiger charge is 2.18. The lowest BCUT2D eigenvalue weighted by Gasteiger charge is -2.27. The SMILES string of the molecule is CC(=CC(=O)c1ccccc1)C(=O)N1CCOCC1. The third-order valence-electron chi connectivity index (χ3n) is 3.04. The highest BCUT2D eigenvalue weighted by Crippen LogP contribution is 2.08. The third-order valence-corrected chi connectivity index (χ3v) is 3.04. The Morgan fingerprint density at radius 1 is 1.16 bits per heavy atom. The molecule has 1 aliphatic heterocycles. The van der Waals surface area contributed by atoms with E-state index in [1.165, 1.54) is 6.08 Å². The summed E-state index contributed by atoms with van der Waals surface area (Å²) in [6.45, 7) is 3.98. The number of ketones is 1. The molecule has 0 N–H and O–H groups in total. The number of hydrogen-bond acceptors (Lipinski definition) is 3. The van der Waals surface area contributed by atoms with Crippen molar-refractivity contribution in [3.8, 4) is 0 Å². The zero-order valence-corrected chi connectivity index (χ0v) is 11.0. The van der Waals surface area contributed by atoms with Crippen LogP contribution in [0.5, 0.6) is 0 Å². The molecule has 4 heteroatoms. The number of carbonyl (C=O) groups excluding carboxylic acids is 2. The van der Waals surface area contributed by atoms with Gasteiger partial charge < -0.3 is 9.64 Å². The van der Waals surface area contributed by atoms with Crippen LogP contribution in [0.15, 0.2) is 42.0 Å². The minimum atomic E-state index is -0.139. The summed E-state index contributed by atoms with van der Waals surface area (Å²) in [6, 6.07) is 8.95. The molecule has 1 amide bonds. The molecule has 0 atom stereocenters. The molecule has 4 nitrogen and oxygen atoms in total. The molecule has 0 bridgehead atoms. The van der Waals surface area contributed by atoms with Gasteiger partial charge >= 0.3 is 0 Å². The Labute approximate surface area is 112 Å². The van der Waals surface area contributed by atoms with Gasteiger partial charge in [-0.1, -0.05) is 30.3 Å². The number of morpholine rings is 1. The van der Waals surface area contributed by atoms with Gasteiger partial charge in [-0.25, -0.2) is 0 Å². The van der Waals surface area contributed by atoms with E-state index in [0.29, 0.717) is 37.4 Å². The van der Waals surface area contributed by atoms with Crippen molar-refractivity contribution in [1.29, 1.82) is 0 Å². The fourth-order valence-corrected chi connectivity index (χ4v) is 1.96. The molecule has 1 fully saturated rings. The van der Waals surface area contributed by atoms with Crippen LogP contribution in [-0.4, -0.2) is 42.9 Å². The number of carbonyl (C=O) groups is 2. The predicted molar refractivity (Wildman–Crippen MR) is 71.9 cm³/mol. The molecule has 1 aromatic rings. The van der Waals surface area contributed by atoms with Gasteiger partial charge in [-0.05, 0) is 13.0 Å². The molecule has 1 aromatic carbocycles. The summed E-state index contributed by atoms with van der Waals surface area (Å²) in [7, 11) is 0. The summed E-state index contributed by atoms with van der Waals surface area (Å²) in [5.41, 5.74) is 1.06. The Bertz CT molecular complexity index is 487. The fourth-order valence-electron chi connectivity index (χ4n) is 1.96. The first-order chi connectivity index (χ1) is 9.18. The Morgan fingerprint density at radius 2 is 1.79 bits per heavy atom. The number of nitrogens with zero attached hydrogens (tertiary/aromatic N) is 1. The molecule has 1 heterocycles. The van der Waals surface area contributed by atoms with Crippen LogP contribution < -0.4 is 0 Å². The minimum absolute atomic E-state index is 0.0902. The van der Waals surface area contributed by atoms with Gasteiger partial charge in [0, 0.05) is 24.2 Å². The molecule has 100 valence electrons. The van der Waals surface area contributed by atoms with Crippen molar-refractivity contribution < 1.29 is 14.3 Å². The van der Waals surface area contributed by atoms with Gasteiger partial charge in [-0.2, -0.15) is 0 Å². The Kier molecular flexibility index (Phi) is 4.47. The van der Waals surface area contributed by atoms with E-state index in [1.54, 1.807) is 36.1 Å². The van der Waals surface area contributed by atoms with Crippen LogP contribution in [0.4, 0.5) is 0 Å². The zero-order valence-electron chi connectivity index (χ0n) is 11.0. The number of benzene rings is 1. The molecule has 1 saturated heterocycles. The Morgan fingerprint density at radius 3 is 2.42 bits per heavy atom. The van der Waals surface area contributed by atoms with Crippen LogP contribution >= 0.6 is 0 Å². The number of ether oxygens (including phenoxy) is 1. The molecule has 0 aromatic heterocycles. The molecule has 19 heavy (non-hydrogen) atoms. The molecule has 0 unspecified atom stereocenters. The van der Waals surface area contributed by atoms with Crippen molar-refractivity contribution in [2.45, 2.75) is 6.92 Å². The minimum Gasteiger partial charge on any atom is -0.378 e. The average Bonchev–Trinajstić information content (AvgIpc) is 2.48. The lowest BCUT2D eigenvalue weighted by molar-refractivity contribution is -0.131. The maximum absolute atomic E-state index is 12.1. The number of hydrogen-bond donors (Lipinski definition) is 0. The van der Waals surface area contributed by atoms with Gasteiger partial charge in [0.2, 0.25) is 5.91 Å². The third kappa shape index (κ3) is 3.51. The van der Waals surface area contributed by atoms with Gasteiger partial charge in [0.05, 0.1) is 13.2 Å². The summed E-state index contributed by atoms with van der Waals surface area (Å²) in [4.78, 5) is 25.8. The average molecular weight is 259 g/mol. The summed E-state index contributed by atoms with van der Waals surface area (Å²) < 4.78 is 5.20. The first kappa shape index (κ1) is 13.5. The maximum atomic E-state index is 12.1. The van der Waals surface area contributed by atoms with E-state index in [1.807, 2.05) is 6.07 Å². The first-order valence-electron chi connectivity index (χ1n) is 6.33. The molecular weight excluding hydrogens is 242 g/mol. The van der Waals surface area contributed by atoms with Gasteiger partial charge in [-0.15, -0.1) is 0 Å². The quantitative estimate of drug-likeness (QED) is 0.613. The largest absolute Gasteiger partial charge is 0.378 e. The molecule has 2 rings (SSSR count). The monoisotopic (exact) mass is 259 g/mol. The van der Waals surface area contributed by atoms with Crippen LogP contribution in [0.2, 0.25) is 0 Å². The van der Waals surface area contributed by atoms with Crippen LogP contribution in [0.3, 0.4) is 0 Å². The van der Waals surface area contributed by atoms with Crippen LogP contribution in [0.25, 0.3) is 0 Å². The standard InChI is InChI=1S/C15H17NO3/c1-12(15(18)16-7-9-19-10-8-16)11-14(17)13-5-3-2-4-6-13/h2-6,11H,7-10H2,1H3.